The van der Waals surface area contributed by atoms with Crippen molar-refractivity contribution < 1.29 is 4.74 Å². The van der Waals surface area contributed by atoms with Crippen LogP contribution in [0.25, 0.3) is 11.3 Å². The number of nitrogens with one attached hydrogen (secondary N) is 1. The lowest BCUT2D eigenvalue weighted by atomic mass is 9.91. The van der Waals surface area contributed by atoms with Crippen LogP contribution in [0.5, 0.6) is 5.75 Å². The van der Waals surface area contributed by atoms with Gasteiger partial charge in [-0.25, -0.2) is 4.98 Å². The lowest BCUT2D eigenvalue weighted by Gasteiger charge is -2.17. The van der Waals surface area contributed by atoms with E-state index in [-0.39, 0.29) is 0 Å². The van der Waals surface area contributed by atoms with E-state index in [0.717, 1.165) is 40.7 Å². The molecule has 1 aromatic heterocycles. The average Bonchev–Trinajstić information content (AvgIpc) is 2.99. The van der Waals surface area contributed by atoms with Crippen molar-refractivity contribution in [2.45, 2.75) is 19.8 Å². The van der Waals surface area contributed by atoms with Gasteiger partial charge in [0.25, 0.3) is 0 Å². The van der Waals surface area contributed by atoms with Gasteiger partial charge < -0.3 is 10.1 Å². The normalized spacial score (nSPS) is 12.5. The largest absolute Gasteiger partial charge is 0.496 e. The number of hydrogen-bond acceptors (Lipinski definition) is 4. The van der Waals surface area contributed by atoms with Crippen LogP contribution in [-0.4, -0.2) is 12.1 Å². The molecular weight excluding hydrogens is 340 g/mol. The number of aromatic nitrogens is 1. The molecule has 122 valence electrons. The van der Waals surface area contributed by atoms with E-state index in [0.29, 0.717) is 5.02 Å². The summed E-state index contributed by atoms with van der Waals surface area (Å²) in [4.78, 5) is 6.15. The van der Waals surface area contributed by atoms with Gasteiger partial charge in [-0.15, -0.1) is 11.3 Å². The predicted molar refractivity (Wildman–Crippen MR) is 101 cm³/mol. The summed E-state index contributed by atoms with van der Waals surface area (Å²) in [5, 5.41) is 4.93. The Hall–Kier alpha value is -2.04. The minimum absolute atomic E-state index is 0.701. The number of nitrogens with zero attached hydrogens (tertiary/aromatic N) is 1. The van der Waals surface area contributed by atoms with Crippen molar-refractivity contribution in [3.05, 3.63) is 57.4 Å². The van der Waals surface area contributed by atoms with Gasteiger partial charge in [0.05, 0.1) is 23.5 Å². The van der Waals surface area contributed by atoms with Crippen LogP contribution in [0.3, 0.4) is 0 Å². The third-order valence-corrected chi connectivity index (χ3v) is 5.67. The minimum atomic E-state index is 0.701. The van der Waals surface area contributed by atoms with Crippen molar-refractivity contribution in [2.75, 3.05) is 12.4 Å². The Bertz CT molecular complexity index is 920. The van der Waals surface area contributed by atoms with E-state index in [2.05, 4.69) is 24.4 Å². The molecule has 0 atom stereocenters. The number of hydrogen-bond donors (Lipinski definition) is 1. The third-order valence-electron chi connectivity index (χ3n) is 4.31. The van der Waals surface area contributed by atoms with Crippen LogP contribution in [0, 0.1) is 6.92 Å². The molecule has 0 radical (unpaired) electrons. The van der Waals surface area contributed by atoms with Crippen molar-refractivity contribution in [1.82, 2.24) is 4.98 Å². The second kappa shape index (κ2) is 6.11. The van der Waals surface area contributed by atoms with Crippen molar-refractivity contribution in [2.24, 2.45) is 0 Å². The van der Waals surface area contributed by atoms with Gasteiger partial charge in [-0.1, -0.05) is 23.7 Å². The Morgan fingerprint density at radius 1 is 1.21 bits per heavy atom. The summed E-state index contributed by atoms with van der Waals surface area (Å²) < 4.78 is 5.45. The molecule has 0 amide bonds. The fourth-order valence-corrected chi connectivity index (χ4v) is 4.26. The molecule has 5 heteroatoms. The van der Waals surface area contributed by atoms with Gasteiger partial charge in [0.15, 0.2) is 5.13 Å². The summed E-state index contributed by atoms with van der Waals surface area (Å²) in [5.74, 6) is 0.946. The molecule has 0 saturated heterocycles. The minimum Gasteiger partial charge on any atom is -0.496 e. The van der Waals surface area contributed by atoms with Gasteiger partial charge in [0.2, 0.25) is 0 Å². The quantitative estimate of drug-likeness (QED) is 0.661. The second-order valence-corrected chi connectivity index (χ2v) is 7.37. The Labute approximate surface area is 150 Å². The van der Waals surface area contributed by atoms with Crippen LogP contribution in [0.15, 0.2) is 36.4 Å². The summed E-state index contributed by atoms with van der Waals surface area (Å²) >= 11 is 7.94. The number of aryl methyl sites for hydroxylation is 3. The van der Waals surface area contributed by atoms with E-state index in [1.807, 2.05) is 24.3 Å². The summed E-state index contributed by atoms with van der Waals surface area (Å²) in [6.45, 7) is 2.07. The molecule has 4 rings (SSSR count). The zero-order chi connectivity index (χ0) is 16.7. The molecule has 24 heavy (non-hydrogen) atoms. The van der Waals surface area contributed by atoms with Crippen molar-refractivity contribution >= 4 is 33.8 Å². The van der Waals surface area contributed by atoms with Crippen LogP contribution in [0.2, 0.25) is 5.02 Å². The molecule has 0 spiro atoms. The molecule has 0 aliphatic heterocycles. The highest BCUT2D eigenvalue weighted by molar-refractivity contribution is 7.16. The summed E-state index contributed by atoms with van der Waals surface area (Å²) in [5.41, 5.74) is 5.63. The summed E-state index contributed by atoms with van der Waals surface area (Å²) in [6.07, 6.45) is 2.03. The van der Waals surface area contributed by atoms with Crippen molar-refractivity contribution in [3.8, 4) is 17.0 Å². The molecule has 3 nitrogen and oxygen atoms in total. The van der Waals surface area contributed by atoms with E-state index >= 15 is 0 Å². The van der Waals surface area contributed by atoms with Crippen LogP contribution in [0.4, 0.5) is 10.8 Å². The van der Waals surface area contributed by atoms with Gasteiger partial charge in [-0.3, -0.25) is 0 Å². The SMILES string of the molecule is COc1cc2c(cc1C)-c1nc(Nc3ccccc3Cl)sc1CC2. The van der Waals surface area contributed by atoms with Crippen LogP contribution < -0.4 is 10.1 Å². The van der Waals surface area contributed by atoms with Gasteiger partial charge in [-0.2, -0.15) is 0 Å². The van der Waals surface area contributed by atoms with Crippen LogP contribution in [0.1, 0.15) is 16.0 Å². The molecule has 1 heterocycles. The molecule has 0 bridgehead atoms. The molecule has 0 saturated carbocycles. The lowest BCUT2D eigenvalue weighted by Crippen LogP contribution is -2.03. The predicted octanol–water partition coefficient (Wildman–Crippen LogP) is 5.62. The maximum atomic E-state index is 6.24. The monoisotopic (exact) mass is 356 g/mol. The van der Waals surface area contributed by atoms with Crippen LogP contribution >= 0.6 is 22.9 Å². The maximum Gasteiger partial charge on any atom is 0.188 e. The molecule has 1 aliphatic rings. The number of anilines is 2. The summed E-state index contributed by atoms with van der Waals surface area (Å²) in [7, 11) is 1.72. The van der Waals surface area contributed by atoms with E-state index in [9.17, 15) is 0 Å². The Morgan fingerprint density at radius 3 is 2.83 bits per heavy atom. The highest BCUT2D eigenvalue weighted by Crippen LogP contribution is 2.41. The van der Waals surface area contributed by atoms with E-state index in [1.54, 1.807) is 18.4 Å². The molecule has 0 fully saturated rings. The van der Waals surface area contributed by atoms with E-state index in [1.165, 1.54) is 16.0 Å². The topological polar surface area (TPSA) is 34.1 Å². The molecule has 3 aromatic rings. The first-order valence-corrected chi connectivity index (χ1v) is 9.04. The van der Waals surface area contributed by atoms with Crippen molar-refractivity contribution in [1.29, 1.82) is 0 Å². The standard InChI is InChI=1S/C19H17ClN2OS/c1-11-9-13-12(10-16(11)23-2)7-8-17-18(13)22-19(24-17)21-15-6-4-3-5-14(15)20/h3-6,9-10H,7-8H2,1-2H3,(H,21,22). The van der Waals surface area contributed by atoms with Gasteiger partial charge in [0, 0.05) is 10.4 Å². The van der Waals surface area contributed by atoms with Crippen LogP contribution in [-0.2, 0) is 12.8 Å². The van der Waals surface area contributed by atoms with Gasteiger partial charge in [-0.05, 0) is 55.2 Å². The maximum absolute atomic E-state index is 6.24. The first-order chi connectivity index (χ1) is 11.7. The molecule has 1 N–H and O–H groups in total. The highest BCUT2D eigenvalue weighted by Gasteiger charge is 2.22. The van der Waals surface area contributed by atoms with Crippen molar-refractivity contribution in [3.63, 3.8) is 0 Å². The molecule has 2 aromatic carbocycles. The number of methoxy groups -OCH3 is 1. The van der Waals surface area contributed by atoms with E-state index in [4.69, 9.17) is 21.3 Å². The van der Waals surface area contributed by atoms with Gasteiger partial charge >= 0.3 is 0 Å². The Morgan fingerprint density at radius 2 is 2.04 bits per heavy atom. The number of fused-ring (bicyclic) bond motifs is 3. The number of para-hydroxylation sites is 1. The highest BCUT2D eigenvalue weighted by atomic mass is 35.5. The Balaban J connectivity index is 1.73. The van der Waals surface area contributed by atoms with Gasteiger partial charge in [0.1, 0.15) is 5.75 Å². The van der Waals surface area contributed by atoms with E-state index < -0.39 is 0 Å². The third kappa shape index (κ3) is 2.66. The number of thiazole rings is 1. The lowest BCUT2D eigenvalue weighted by molar-refractivity contribution is 0.411. The number of rotatable bonds is 3. The molecule has 0 unspecified atom stereocenters. The second-order valence-electron chi connectivity index (χ2n) is 5.87. The first kappa shape index (κ1) is 15.5. The zero-order valence-electron chi connectivity index (χ0n) is 13.5. The number of halogens is 1. The molecule has 1 aliphatic carbocycles. The average molecular weight is 357 g/mol. The smallest absolute Gasteiger partial charge is 0.188 e. The fourth-order valence-electron chi connectivity index (χ4n) is 3.09. The Kier molecular flexibility index (Phi) is 3.94. The number of benzene rings is 2. The first-order valence-electron chi connectivity index (χ1n) is 7.85. The summed E-state index contributed by atoms with van der Waals surface area (Å²) in [6, 6.07) is 12.1. The number of ether oxygens (including phenoxy) is 1. The fraction of sp³-hybridized carbons (Fsp3) is 0.211. The molecular formula is C19H17ClN2OS. The zero-order valence-corrected chi connectivity index (χ0v) is 15.1.